The zero-order valence-corrected chi connectivity index (χ0v) is 8.69. The van der Waals surface area contributed by atoms with Gasteiger partial charge in [-0.2, -0.15) is 5.10 Å². The van der Waals surface area contributed by atoms with Crippen LogP contribution < -0.4 is 0 Å². The number of rotatable bonds is 1. The Labute approximate surface area is 84.5 Å². The van der Waals surface area contributed by atoms with Crippen LogP contribution in [-0.2, 0) is 7.05 Å². The van der Waals surface area contributed by atoms with Gasteiger partial charge in [-0.05, 0) is 28.1 Å². The Morgan fingerprint density at radius 1 is 1.31 bits per heavy atom. The summed E-state index contributed by atoms with van der Waals surface area (Å²) >= 11 is 3.45. The fourth-order valence-electron chi connectivity index (χ4n) is 1.25. The number of hydrogen-bond donors (Lipinski definition) is 0. The molecule has 2 rings (SSSR count). The van der Waals surface area contributed by atoms with Crippen molar-refractivity contribution in [3.8, 4) is 11.3 Å². The lowest BCUT2D eigenvalue weighted by Crippen LogP contribution is -1.93. The van der Waals surface area contributed by atoms with Crippen molar-refractivity contribution >= 4 is 15.9 Å². The van der Waals surface area contributed by atoms with E-state index in [4.69, 9.17) is 0 Å². The molecular formula is C9H8BrN3. The zero-order valence-electron chi connectivity index (χ0n) is 7.11. The second kappa shape index (κ2) is 3.30. The SMILES string of the molecule is Cn1ncc(Br)c1-c1ccncc1. The molecule has 0 saturated carbocycles. The lowest BCUT2D eigenvalue weighted by Gasteiger charge is -2.01. The predicted octanol–water partition coefficient (Wildman–Crippen LogP) is 2.24. The Balaban J connectivity index is 2.59. The van der Waals surface area contributed by atoms with E-state index < -0.39 is 0 Å². The molecule has 66 valence electrons. The van der Waals surface area contributed by atoms with E-state index in [1.54, 1.807) is 18.6 Å². The van der Waals surface area contributed by atoms with Crippen molar-refractivity contribution in [2.45, 2.75) is 0 Å². The number of aryl methyl sites for hydroxylation is 1. The number of aromatic nitrogens is 3. The highest BCUT2D eigenvalue weighted by atomic mass is 79.9. The Morgan fingerprint density at radius 3 is 2.54 bits per heavy atom. The van der Waals surface area contributed by atoms with Crippen molar-refractivity contribution in [1.29, 1.82) is 0 Å². The lowest BCUT2D eigenvalue weighted by molar-refractivity contribution is 0.775. The van der Waals surface area contributed by atoms with Crippen LogP contribution in [0.25, 0.3) is 11.3 Å². The third-order valence-electron chi connectivity index (χ3n) is 1.85. The van der Waals surface area contributed by atoms with Crippen molar-refractivity contribution in [1.82, 2.24) is 14.8 Å². The molecule has 2 aromatic rings. The minimum atomic E-state index is 1.00. The highest BCUT2D eigenvalue weighted by Gasteiger charge is 2.07. The van der Waals surface area contributed by atoms with Gasteiger partial charge in [0.1, 0.15) is 0 Å². The molecule has 4 heteroatoms. The monoisotopic (exact) mass is 237 g/mol. The topological polar surface area (TPSA) is 30.7 Å². The highest BCUT2D eigenvalue weighted by Crippen LogP contribution is 2.26. The van der Waals surface area contributed by atoms with Crippen LogP contribution in [0.5, 0.6) is 0 Å². The minimum absolute atomic E-state index is 1.00. The lowest BCUT2D eigenvalue weighted by atomic mass is 10.2. The molecule has 2 aromatic heterocycles. The van der Waals surface area contributed by atoms with Gasteiger partial charge in [0.25, 0.3) is 0 Å². The first kappa shape index (κ1) is 8.44. The summed E-state index contributed by atoms with van der Waals surface area (Å²) in [6.07, 6.45) is 5.33. The van der Waals surface area contributed by atoms with E-state index in [0.717, 1.165) is 15.7 Å². The highest BCUT2D eigenvalue weighted by molar-refractivity contribution is 9.10. The zero-order chi connectivity index (χ0) is 9.26. The van der Waals surface area contributed by atoms with Gasteiger partial charge in [-0.25, -0.2) is 0 Å². The molecule has 0 fully saturated rings. The molecule has 0 aliphatic carbocycles. The molecule has 0 aliphatic heterocycles. The second-order valence-electron chi connectivity index (χ2n) is 2.70. The second-order valence-corrected chi connectivity index (χ2v) is 3.55. The summed E-state index contributed by atoms with van der Waals surface area (Å²) in [4.78, 5) is 3.97. The van der Waals surface area contributed by atoms with Crippen LogP contribution in [-0.4, -0.2) is 14.8 Å². The summed E-state index contributed by atoms with van der Waals surface area (Å²) in [5.74, 6) is 0. The van der Waals surface area contributed by atoms with Crippen LogP contribution in [0, 0.1) is 0 Å². The van der Waals surface area contributed by atoms with Gasteiger partial charge in [0.15, 0.2) is 0 Å². The van der Waals surface area contributed by atoms with Crippen molar-refractivity contribution < 1.29 is 0 Å². The van der Waals surface area contributed by atoms with Crippen LogP contribution in [0.4, 0.5) is 0 Å². The van der Waals surface area contributed by atoms with Gasteiger partial charge in [-0.15, -0.1) is 0 Å². The van der Waals surface area contributed by atoms with Gasteiger partial charge in [0.05, 0.1) is 16.4 Å². The molecular weight excluding hydrogens is 230 g/mol. The maximum absolute atomic E-state index is 4.14. The molecule has 0 unspecified atom stereocenters. The van der Waals surface area contributed by atoms with E-state index in [2.05, 4.69) is 26.0 Å². The quantitative estimate of drug-likeness (QED) is 0.762. The third-order valence-corrected chi connectivity index (χ3v) is 2.43. The summed E-state index contributed by atoms with van der Waals surface area (Å²) in [5.41, 5.74) is 2.18. The van der Waals surface area contributed by atoms with Gasteiger partial charge in [0, 0.05) is 25.0 Å². The van der Waals surface area contributed by atoms with Crippen LogP contribution in [0.3, 0.4) is 0 Å². The number of pyridine rings is 1. The largest absolute Gasteiger partial charge is 0.267 e. The third kappa shape index (κ3) is 1.49. The van der Waals surface area contributed by atoms with Crippen LogP contribution in [0.1, 0.15) is 0 Å². The first-order chi connectivity index (χ1) is 6.29. The molecule has 0 atom stereocenters. The minimum Gasteiger partial charge on any atom is -0.267 e. The first-order valence-electron chi connectivity index (χ1n) is 3.87. The van der Waals surface area contributed by atoms with E-state index in [1.165, 1.54) is 0 Å². The molecule has 0 aliphatic rings. The van der Waals surface area contributed by atoms with Crippen LogP contribution in [0.2, 0.25) is 0 Å². The Kier molecular flexibility index (Phi) is 2.14. The summed E-state index contributed by atoms with van der Waals surface area (Å²) < 4.78 is 2.83. The summed E-state index contributed by atoms with van der Waals surface area (Å²) in [7, 11) is 1.92. The van der Waals surface area contributed by atoms with E-state index >= 15 is 0 Å². The fourth-order valence-corrected chi connectivity index (χ4v) is 1.82. The van der Waals surface area contributed by atoms with Gasteiger partial charge >= 0.3 is 0 Å². The predicted molar refractivity (Wildman–Crippen MR) is 54.1 cm³/mol. The van der Waals surface area contributed by atoms with Crippen LogP contribution in [0.15, 0.2) is 35.2 Å². The smallest absolute Gasteiger partial charge is 0.0822 e. The molecule has 0 spiro atoms. The van der Waals surface area contributed by atoms with E-state index in [-0.39, 0.29) is 0 Å². The normalized spacial score (nSPS) is 10.3. The molecule has 0 radical (unpaired) electrons. The molecule has 3 nitrogen and oxygen atoms in total. The van der Waals surface area contributed by atoms with E-state index in [9.17, 15) is 0 Å². The summed E-state index contributed by atoms with van der Waals surface area (Å²) in [6, 6.07) is 3.92. The Bertz CT molecular complexity index is 389. The molecule has 0 aromatic carbocycles. The fraction of sp³-hybridized carbons (Fsp3) is 0.111. The van der Waals surface area contributed by atoms with E-state index in [1.807, 2.05) is 23.9 Å². The number of hydrogen-bond acceptors (Lipinski definition) is 2. The van der Waals surface area contributed by atoms with Gasteiger partial charge in [-0.1, -0.05) is 0 Å². The van der Waals surface area contributed by atoms with Crippen molar-refractivity contribution in [2.24, 2.45) is 7.05 Å². The van der Waals surface area contributed by atoms with Crippen molar-refractivity contribution in [2.75, 3.05) is 0 Å². The first-order valence-corrected chi connectivity index (χ1v) is 4.66. The van der Waals surface area contributed by atoms with Crippen LogP contribution >= 0.6 is 15.9 Å². The van der Waals surface area contributed by atoms with Gasteiger partial charge in [-0.3, -0.25) is 9.67 Å². The van der Waals surface area contributed by atoms with Crippen molar-refractivity contribution in [3.63, 3.8) is 0 Å². The standard InChI is InChI=1S/C9H8BrN3/c1-13-9(8(10)6-12-13)7-2-4-11-5-3-7/h2-6H,1H3. The molecule has 0 amide bonds. The van der Waals surface area contributed by atoms with Crippen molar-refractivity contribution in [3.05, 3.63) is 35.2 Å². The molecule has 13 heavy (non-hydrogen) atoms. The Hall–Kier alpha value is -1.16. The molecule has 0 saturated heterocycles. The Morgan fingerprint density at radius 2 is 2.00 bits per heavy atom. The molecule has 0 N–H and O–H groups in total. The molecule has 0 bridgehead atoms. The maximum atomic E-state index is 4.14. The number of nitrogens with zero attached hydrogens (tertiary/aromatic N) is 3. The average Bonchev–Trinajstić information content (AvgIpc) is 2.48. The average molecular weight is 238 g/mol. The summed E-state index contributed by atoms with van der Waals surface area (Å²) in [6.45, 7) is 0. The summed E-state index contributed by atoms with van der Waals surface area (Å²) in [5, 5.41) is 4.14. The molecule has 2 heterocycles. The number of halogens is 1. The van der Waals surface area contributed by atoms with E-state index in [0.29, 0.717) is 0 Å². The van der Waals surface area contributed by atoms with Gasteiger partial charge < -0.3 is 0 Å². The maximum Gasteiger partial charge on any atom is 0.0822 e. The van der Waals surface area contributed by atoms with Gasteiger partial charge in [0.2, 0.25) is 0 Å².